The van der Waals surface area contributed by atoms with Gasteiger partial charge in [0.2, 0.25) is 11.8 Å². The monoisotopic (exact) mass is 350 g/mol. The van der Waals surface area contributed by atoms with Crippen LogP contribution in [0.1, 0.15) is 42.9 Å². The van der Waals surface area contributed by atoms with Gasteiger partial charge in [0.05, 0.1) is 5.92 Å². The number of anilines is 1. The summed E-state index contributed by atoms with van der Waals surface area (Å²) < 4.78 is 0. The number of nitrogens with zero attached hydrogens (tertiary/aromatic N) is 1. The highest BCUT2D eigenvalue weighted by Crippen LogP contribution is 2.26. The van der Waals surface area contributed by atoms with Gasteiger partial charge < -0.3 is 10.2 Å². The highest BCUT2D eigenvalue weighted by atomic mass is 16.2. The fourth-order valence-electron chi connectivity index (χ4n) is 3.36. The van der Waals surface area contributed by atoms with Crippen LogP contribution in [0.3, 0.4) is 0 Å². The standard InChI is InChI=1S/C22H26N2O2/c1-15(2)19-6-4-5-7-20(19)23-22(26)18-12-21(25)24(14-18)13-17-10-8-16(3)9-11-17/h4-11,15,18H,12-14H2,1-3H3,(H,23,26)/t18-/m1/s1. The molecule has 1 aliphatic heterocycles. The van der Waals surface area contributed by atoms with E-state index in [1.165, 1.54) is 5.56 Å². The average Bonchev–Trinajstić information content (AvgIpc) is 2.98. The second-order valence-electron chi connectivity index (χ2n) is 7.39. The van der Waals surface area contributed by atoms with Crippen LogP contribution in [0, 0.1) is 12.8 Å². The zero-order valence-corrected chi connectivity index (χ0v) is 15.7. The maximum absolute atomic E-state index is 12.7. The molecule has 1 heterocycles. The van der Waals surface area contributed by atoms with E-state index in [0.29, 0.717) is 19.0 Å². The second kappa shape index (κ2) is 7.73. The molecule has 1 aliphatic rings. The van der Waals surface area contributed by atoms with E-state index in [1.807, 2.05) is 55.5 Å². The molecule has 0 unspecified atom stereocenters. The van der Waals surface area contributed by atoms with E-state index in [9.17, 15) is 9.59 Å². The Kier molecular flexibility index (Phi) is 5.40. The van der Waals surface area contributed by atoms with E-state index < -0.39 is 0 Å². The molecule has 1 fully saturated rings. The first-order chi connectivity index (χ1) is 12.4. The van der Waals surface area contributed by atoms with Gasteiger partial charge in [0.1, 0.15) is 0 Å². The van der Waals surface area contributed by atoms with Crippen molar-refractivity contribution in [3.05, 3.63) is 65.2 Å². The number of likely N-dealkylation sites (tertiary alicyclic amines) is 1. The average molecular weight is 350 g/mol. The summed E-state index contributed by atoms with van der Waals surface area (Å²) in [5.41, 5.74) is 4.25. The molecular weight excluding hydrogens is 324 g/mol. The Hall–Kier alpha value is -2.62. The van der Waals surface area contributed by atoms with E-state index in [-0.39, 0.29) is 24.2 Å². The lowest BCUT2D eigenvalue weighted by atomic mass is 10.0. The van der Waals surface area contributed by atoms with Gasteiger partial charge in [-0.1, -0.05) is 61.9 Å². The Morgan fingerprint density at radius 2 is 1.85 bits per heavy atom. The summed E-state index contributed by atoms with van der Waals surface area (Å²) in [5.74, 6) is 0.00337. The van der Waals surface area contributed by atoms with Crippen molar-refractivity contribution in [1.82, 2.24) is 4.90 Å². The number of nitrogens with one attached hydrogen (secondary N) is 1. The normalized spacial score (nSPS) is 17.0. The summed E-state index contributed by atoms with van der Waals surface area (Å²) in [6.07, 6.45) is 0.279. The molecule has 1 N–H and O–H groups in total. The molecule has 3 rings (SSSR count). The van der Waals surface area contributed by atoms with E-state index in [2.05, 4.69) is 19.2 Å². The molecule has 2 amide bonds. The van der Waals surface area contributed by atoms with Crippen LogP contribution in [0.4, 0.5) is 5.69 Å². The van der Waals surface area contributed by atoms with Gasteiger partial charge in [-0.3, -0.25) is 9.59 Å². The van der Waals surface area contributed by atoms with E-state index >= 15 is 0 Å². The third kappa shape index (κ3) is 4.13. The minimum Gasteiger partial charge on any atom is -0.338 e. The zero-order valence-electron chi connectivity index (χ0n) is 15.7. The molecule has 0 saturated carbocycles. The van der Waals surface area contributed by atoms with E-state index in [0.717, 1.165) is 16.8 Å². The van der Waals surface area contributed by atoms with Crippen molar-refractivity contribution in [1.29, 1.82) is 0 Å². The highest BCUT2D eigenvalue weighted by molar-refractivity contribution is 5.97. The van der Waals surface area contributed by atoms with Crippen molar-refractivity contribution in [3.8, 4) is 0 Å². The summed E-state index contributed by atoms with van der Waals surface area (Å²) in [7, 11) is 0. The maximum atomic E-state index is 12.7. The van der Waals surface area contributed by atoms with Crippen LogP contribution in [0.2, 0.25) is 0 Å². The van der Waals surface area contributed by atoms with E-state index in [4.69, 9.17) is 0 Å². The fourth-order valence-corrected chi connectivity index (χ4v) is 3.36. The van der Waals surface area contributed by atoms with Gasteiger partial charge in [0, 0.05) is 25.2 Å². The van der Waals surface area contributed by atoms with Crippen LogP contribution in [-0.2, 0) is 16.1 Å². The number of carbonyl (C=O) groups is 2. The highest BCUT2D eigenvalue weighted by Gasteiger charge is 2.34. The van der Waals surface area contributed by atoms with Crippen LogP contribution in [0.15, 0.2) is 48.5 Å². The smallest absolute Gasteiger partial charge is 0.229 e. The number of benzene rings is 2. The molecule has 0 bridgehead atoms. The van der Waals surface area contributed by atoms with Crippen molar-refractivity contribution < 1.29 is 9.59 Å². The molecule has 0 spiro atoms. The number of aryl methyl sites for hydroxylation is 1. The molecule has 2 aromatic carbocycles. The molecule has 1 saturated heterocycles. The summed E-state index contributed by atoms with van der Waals surface area (Å²) in [6.45, 7) is 7.29. The van der Waals surface area contributed by atoms with Gasteiger partial charge in [-0.25, -0.2) is 0 Å². The van der Waals surface area contributed by atoms with E-state index in [1.54, 1.807) is 4.90 Å². The van der Waals surface area contributed by atoms with Gasteiger partial charge in [0.25, 0.3) is 0 Å². The van der Waals surface area contributed by atoms with Gasteiger partial charge in [0.15, 0.2) is 0 Å². The molecule has 26 heavy (non-hydrogen) atoms. The molecule has 1 atom stereocenters. The predicted octanol–water partition coefficient (Wildman–Crippen LogP) is 4.11. The van der Waals surface area contributed by atoms with Crippen LogP contribution in [0.25, 0.3) is 0 Å². The lowest BCUT2D eigenvalue weighted by molar-refractivity contribution is -0.128. The first kappa shape index (κ1) is 18.2. The van der Waals surface area contributed by atoms with Gasteiger partial charge in [-0.15, -0.1) is 0 Å². The summed E-state index contributed by atoms with van der Waals surface area (Å²) in [5, 5.41) is 3.03. The summed E-state index contributed by atoms with van der Waals surface area (Å²) >= 11 is 0. The first-order valence-electron chi connectivity index (χ1n) is 9.17. The van der Waals surface area contributed by atoms with Crippen molar-refractivity contribution >= 4 is 17.5 Å². The predicted molar refractivity (Wildman–Crippen MR) is 104 cm³/mol. The molecular formula is C22H26N2O2. The topological polar surface area (TPSA) is 49.4 Å². The number of hydrogen-bond acceptors (Lipinski definition) is 2. The lowest BCUT2D eigenvalue weighted by Gasteiger charge is -2.18. The molecule has 4 heteroatoms. The van der Waals surface area contributed by atoms with Crippen LogP contribution in [-0.4, -0.2) is 23.3 Å². The Morgan fingerprint density at radius 1 is 1.15 bits per heavy atom. The van der Waals surface area contributed by atoms with Crippen LogP contribution >= 0.6 is 0 Å². The third-order valence-electron chi connectivity index (χ3n) is 4.92. The van der Waals surface area contributed by atoms with Crippen LogP contribution < -0.4 is 5.32 Å². The Bertz CT molecular complexity index is 796. The molecule has 0 radical (unpaired) electrons. The first-order valence-corrected chi connectivity index (χ1v) is 9.17. The van der Waals surface area contributed by atoms with Crippen molar-refractivity contribution in [2.45, 2.75) is 39.7 Å². The van der Waals surface area contributed by atoms with Gasteiger partial charge in [-0.2, -0.15) is 0 Å². The minimum absolute atomic E-state index is 0.0443. The number of rotatable bonds is 5. The fraction of sp³-hybridized carbons (Fsp3) is 0.364. The Labute approximate surface area is 155 Å². The quantitative estimate of drug-likeness (QED) is 0.882. The molecule has 136 valence electrons. The maximum Gasteiger partial charge on any atom is 0.229 e. The largest absolute Gasteiger partial charge is 0.338 e. The van der Waals surface area contributed by atoms with Crippen molar-refractivity contribution in [2.75, 3.05) is 11.9 Å². The van der Waals surface area contributed by atoms with Crippen molar-refractivity contribution in [2.24, 2.45) is 5.92 Å². The zero-order chi connectivity index (χ0) is 18.7. The summed E-state index contributed by atoms with van der Waals surface area (Å²) in [4.78, 5) is 26.8. The lowest BCUT2D eigenvalue weighted by Crippen LogP contribution is -2.28. The second-order valence-corrected chi connectivity index (χ2v) is 7.39. The Morgan fingerprint density at radius 3 is 2.54 bits per heavy atom. The number of carbonyl (C=O) groups excluding carboxylic acids is 2. The molecule has 2 aromatic rings. The number of para-hydroxylation sites is 1. The third-order valence-corrected chi connectivity index (χ3v) is 4.92. The van der Waals surface area contributed by atoms with Gasteiger partial charge >= 0.3 is 0 Å². The molecule has 0 aromatic heterocycles. The molecule has 0 aliphatic carbocycles. The summed E-state index contributed by atoms with van der Waals surface area (Å²) in [6, 6.07) is 16.0. The van der Waals surface area contributed by atoms with Gasteiger partial charge in [-0.05, 0) is 30.0 Å². The van der Waals surface area contributed by atoms with Crippen molar-refractivity contribution in [3.63, 3.8) is 0 Å². The van der Waals surface area contributed by atoms with Crippen LogP contribution in [0.5, 0.6) is 0 Å². The minimum atomic E-state index is -0.298. The Balaban J connectivity index is 1.65. The SMILES string of the molecule is Cc1ccc(CN2C[C@H](C(=O)Nc3ccccc3C(C)C)CC2=O)cc1. The number of amides is 2. The number of hydrogen-bond donors (Lipinski definition) is 1. The molecule has 4 nitrogen and oxygen atoms in total.